The van der Waals surface area contributed by atoms with Crippen LogP contribution in [-0.4, -0.2) is 26.2 Å². The smallest absolute Gasteiger partial charge is 0.277 e. The van der Waals surface area contributed by atoms with E-state index in [9.17, 15) is 4.79 Å². The Morgan fingerprint density at radius 1 is 1.11 bits per heavy atom. The van der Waals surface area contributed by atoms with Gasteiger partial charge in [-0.1, -0.05) is 47.7 Å². The summed E-state index contributed by atoms with van der Waals surface area (Å²) < 4.78 is 5.76. The van der Waals surface area contributed by atoms with Gasteiger partial charge in [0, 0.05) is 27.7 Å². The van der Waals surface area contributed by atoms with Crippen LogP contribution in [0.4, 0.5) is 0 Å². The molecule has 2 aromatic heterocycles. The molecule has 0 radical (unpaired) electrons. The minimum Gasteiger partial charge on any atom is -0.411 e. The fourth-order valence-electron chi connectivity index (χ4n) is 3.15. The minimum atomic E-state index is -0.339. The second kappa shape index (κ2) is 7.04. The Hall–Kier alpha value is -2.86. The Bertz CT molecular complexity index is 1130. The lowest BCUT2D eigenvalue weighted by Gasteiger charge is -2.07. The molecule has 0 unspecified atom stereocenters. The van der Waals surface area contributed by atoms with Gasteiger partial charge in [-0.2, -0.15) is 0 Å². The first-order valence-corrected chi connectivity index (χ1v) is 9.59. The van der Waals surface area contributed by atoms with E-state index in [0.717, 1.165) is 33.3 Å². The molecule has 6 heteroatoms. The number of carbonyl (C=O) groups is 1. The number of ketones is 1. The second-order valence-electron chi connectivity index (χ2n) is 6.54. The van der Waals surface area contributed by atoms with Gasteiger partial charge < -0.3 is 9.40 Å². The number of nitrogens with zero attached hydrogens (tertiary/aromatic N) is 2. The van der Waals surface area contributed by atoms with Gasteiger partial charge in [0.05, 0.1) is 5.25 Å². The molecule has 2 heterocycles. The van der Waals surface area contributed by atoms with Gasteiger partial charge in [-0.05, 0) is 39.0 Å². The van der Waals surface area contributed by atoms with Crippen molar-refractivity contribution in [3.63, 3.8) is 0 Å². The van der Waals surface area contributed by atoms with Crippen molar-refractivity contribution < 1.29 is 9.21 Å². The number of benzene rings is 2. The Morgan fingerprint density at radius 2 is 1.93 bits per heavy atom. The number of thioether (sulfide) groups is 1. The van der Waals surface area contributed by atoms with E-state index in [0.29, 0.717) is 11.1 Å². The molecule has 2 aromatic carbocycles. The van der Waals surface area contributed by atoms with Gasteiger partial charge in [0.1, 0.15) is 0 Å². The summed E-state index contributed by atoms with van der Waals surface area (Å²) in [6.45, 7) is 5.80. The number of Topliss-reactive ketones (excluding diaryl/α,β-unsaturated/α-hetero) is 1. The Balaban J connectivity index is 1.56. The molecule has 27 heavy (non-hydrogen) atoms. The van der Waals surface area contributed by atoms with Gasteiger partial charge in [0.2, 0.25) is 5.89 Å². The number of nitrogens with one attached hydrogen (secondary N) is 1. The third-order valence-corrected chi connectivity index (χ3v) is 5.39. The zero-order chi connectivity index (χ0) is 19.0. The van der Waals surface area contributed by atoms with Crippen LogP contribution in [0.1, 0.15) is 28.5 Å². The van der Waals surface area contributed by atoms with E-state index in [-0.39, 0.29) is 11.0 Å². The molecule has 0 aliphatic heterocycles. The number of hydrogen-bond acceptors (Lipinski definition) is 5. The number of rotatable bonds is 5. The summed E-state index contributed by atoms with van der Waals surface area (Å²) >= 11 is 1.28. The lowest BCUT2D eigenvalue weighted by Crippen LogP contribution is -2.14. The van der Waals surface area contributed by atoms with Crippen molar-refractivity contribution in [3.05, 3.63) is 65.4 Å². The Kier molecular flexibility index (Phi) is 4.58. The van der Waals surface area contributed by atoms with Crippen LogP contribution in [0.15, 0.2) is 58.2 Å². The molecule has 1 N–H and O–H groups in total. The summed E-state index contributed by atoms with van der Waals surface area (Å²) in [4.78, 5) is 16.3. The number of fused-ring (bicyclic) bond motifs is 1. The molecule has 0 amide bonds. The van der Waals surface area contributed by atoms with Crippen LogP contribution in [0.25, 0.3) is 22.4 Å². The number of aryl methyl sites for hydroxylation is 2. The van der Waals surface area contributed by atoms with E-state index >= 15 is 0 Å². The van der Waals surface area contributed by atoms with Crippen molar-refractivity contribution in [2.24, 2.45) is 0 Å². The van der Waals surface area contributed by atoms with Crippen molar-refractivity contribution in [1.29, 1.82) is 0 Å². The minimum absolute atomic E-state index is 0.0465. The molecular weight excluding hydrogens is 358 g/mol. The highest BCUT2D eigenvalue weighted by Crippen LogP contribution is 2.31. The average Bonchev–Trinajstić information content (AvgIpc) is 3.24. The molecule has 136 valence electrons. The summed E-state index contributed by atoms with van der Waals surface area (Å²) in [5.74, 6) is 0.509. The SMILES string of the molecule is Cc1cccc(-c2nnc(S[C@@H](C)C(=O)c3c(C)[nH]c4ccccc34)o2)c1. The first kappa shape index (κ1) is 17.5. The largest absolute Gasteiger partial charge is 0.411 e. The fourth-order valence-corrected chi connectivity index (χ4v) is 3.90. The van der Waals surface area contributed by atoms with Crippen LogP contribution in [0.5, 0.6) is 0 Å². The third kappa shape index (κ3) is 3.40. The maximum Gasteiger partial charge on any atom is 0.277 e. The summed E-state index contributed by atoms with van der Waals surface area (Å²) in [5, 5.41) is 9.21. The highest BCUT2D eigenvalue weighted by molar-refractivity contribution is 8.00. The molecule has 1 atom stereocenters. The van der Waals surface area contributed by atoms with Gasteiger partial charge in [-0.15, -0.1) is 10.2 Å². The summed E-state index contributed by atoms with van der Waals surface area (Å²) in [7, 11) is 0. The summed E-state index contributed by atoms with van der Waals surface area (Å²) in [6.07, 6.45) is 0. The maximum atomic E-state index is 13.0. The molecule has 0 spiro atoms. The zero-order valence-electron chi connectivity index (χ0n) is 15.3. The molecule has 0 fully saturated rings. The fraction of sp³-hybridized carbons (Fsp3) is 0.190. The molecule has 0 saturated carbocycles. The number of aromatic amines is 1. The first-order valence-electron chi connectivity index (χ1n) is 8.71. The van der Waals surface area contributed by atoms with Crippen LogP contribution < -0.4 is 0 Å². The van der Waals surface area contributed by atoms with Gasteiger partial charge in [0.15, 0.2) is 5.78 Å². The molecular formula is C21H19N3O2S. The van der Waals surface area contributed by atoms with E-state index in [2.05, 4.69) is 15.2 Å². The normalized spacial score (nSPS) is 12.4. The summed E-state index contributed by atoms with van der Waals surface area (Å²) in [6, 6.07) is 15.7. The number of hydrogen-bond donors (Lipinski definition) is 1. The molecule has 0 bridgehead atoms. The molecule has 0 saturated heterocycles. The van der Waals surface area contributed by atoms with Crippen molar-refractivity contribution >= 4 is 28.4 Å². The van der Waals surface area contributed by atoms with Gasteiger partial charge >= 0.3 is 0 Å². The lowest BCUT2D eigenvalue weighted by atomic mass is 10.1. The van der Waals surface area contributed by atoms with E-state index < -0.39 is 0 Å². The van der Waals surface area contributed by atoms with Crippen LogP contribution in [0.3, 0.4) is 0 Å². The van der Waals surface area contributed by atoms with E-state index in [1.165, 1.54) is 11.8 Å². The molecule has 5 nitrogen and oxygen atoms in total. The Morgan fingerprint density at radius 3 is 2.74 bits per heavy atom. The highest BCUT2D eigenvalue weighted by atomic mass is 32.2. The van der Waals surface area contributed by atoms with E-state index in [1.807, 2.05) is 69.3 Å². The van der Waals surface area contributed by atoms with Crippen LogP contribution >= 0.6 is 11.8 Å². The van der Waals surface area contributed by atoms with E-state index in [1.54, 1.807) is 0 Å². The Labute approximate surface area is 161 Å². The van der Waals surface area contributed by atoms with Gasteiger partial charge in [-0.3, -0.25) is 4.79 Å². The predicted octanol–water partition coefficient (Wildman–Crippen LogP) is 5.20. The highest BCUT2D eigenvalue weighted by Gasteiger charge is 2.24. The number of H-pyrrole nitrogens is 1. The van der Waals surface area contributed by atoms with Crippen molar-refractivity contribution in [2.75, 3.05) is 0 Å². The average molecular weight is 377 g/mol. The molecule has 4 aromatic rings. The zero-order valence-corrected chi connectivity index (χ0v) is 16.1. The van der Waals surface area contributed by atoms with Crippen LogP contribution in [-0.2, 0) is 0 Å². The monoisotopic (exact) mass is 377 g/mol. The molecule has 0 aliphatic carbocycles. The lowest BCUT2D eigenvalue weighted by molar-refractivity contribution is 0.0994. The number of carbonyl (C=O) groups excluding carboxylic acids is 1. The van der Waals surface area contributed by atoms with Crippen molar-refractivity contribution in [3.8, 4) is 11.5 Å². The second-order valence-corrected chi connectivity index (χ2v) is 7.83. The third-order valence-electron chi connectivity index (χ3n) is 4.46. The molecule has 4 rings (SSSR count). The van der Waals surface area contributed by atoms with Gasteiger partial charge in [0.25, 0.3) is 5.22 Å². The van der Waals surface area contributed by atoms with Crippen molar-refractivity contribution in [1.82, 2.24) is 15.2 Å². The number of aromatic nitrogens is 3. The quantitative estimate of drug-likeness (QED) is 0.382. The topological polar surface area (TPSA) is 71.8 Å². The predicted molar refractivity (Wildman–Crippen MR) is 107 cm³/mol. The van der Waals surface area contributed by atoms with Crippen molar-refractivity contribution in [2.45, 2.75) is 31.2 Å². The van der Waals surface area contributed by atoms with Crippen LogP contribution in [0, 0.1) is 13.8 Å². The van der Waals surface area contributed by atoms with Crippen LogP contribution in [0.2, 0.25) is 0 Å². The van der Waals surface area contributed by atoms with E-state index in [4.69, 9.17) is 4.42 Å². The van der Waals surface area contributed by atoms with Gasteiger partial charge in [-0.25, -0.2) is 0 Å². The first-order chi connectivity index (χ1) is 13.0. The maximum absolute atomic E-state index is 13.0. The standard InChI is InChI=1S/C21H19N3O2S/c1-12-7-6-8-15(11-12)20-23-24-21(26-20)27-14(3)19(25)18-13(2)22-17-10-5-4-9-16(17)18/h4-11,14,22H,1-3H3/t14-/m0/s1. The number of para-hydroxylation sites is 1. The summed E-state index contributed by atoms with van der Waals surface area (Å²) in [5.41, 5.74) is 4.57. The molecule has 0 aliphatic rings.